The molecule has 3 heteroatoms. The summed E-state index contributed by atoms with van der Waals surface area (Å²) in [5.74, 6) is -0.675. The van der Waals surface area contributed by atoms with E-state index >= 15 is 0 Å². The molecule has 0 unspecified atom stereocenters. The fraction of sp³-hybridized carbons (Fsp3) is 0.167. The number of hydrogen-bond donors (Lipinski definition) is 1. The summed E-state index contributed by atoms with van der Waals surface area (Å²) in [5.41, 5.74) is 0. The van der Waals surface area contributed by atoms with Crippen LogP contribution >= 0.6 is 0 Å². The van der Waals surface area contributed by atoms with Gasteiger partial charge in [-0.2, -0.15) is 0 Å². The van der Waals surface area contributed by atoms with E-state index in [0.717, 1.165) is 0 Å². The quantitative estimate of drug-likeness (QED) is 0.645. The molecule has 0 aromatic rings. The third-order valence-electron chi connectivity index (χ3n) is 0.984. The zero-order valence-corrected chi connectivity index (χ0v) is 6.70. The first-order valence-electron chi connectivity index (χ1n) is 2.61. The standard InChI is InChI=1S/C6H8O2Se/c7-6(8)5-9-3-1-2-4-9/h1-4,9H,5H2,(H,7,8). The maximum atomic E-state index is 10.1. The summed E-state index contributed by atoms with van der Waals surface area (Å²) in [7, 11) is 0. The van der Waals surface area contributed by atoms with E-state index in [2.05, 4.69) is 0 Å². The van der Waals surface area contributed by atoms with Crippen LogP contribution in [0.1, 0.15) is 0 Å². The number of carboxylic acid groups (broad SMARTS) is 1. The van der Waals surface area contributed by atoms with Gasteiger partial charge in [-0.05, 0) is 0 Å². The van der Waals surface area contributed by atoms with Crippen molar-refractivity contribution in [1.82, 2.24) is 0 Å². The monoisotopic (exact) mass is 192 g/mol. The van der Waals surface area contributed by atoms with Crippen molar-refractivity contribution >= 4 is 19.9 Å². The van der Waals surface area contributed by atoms with Gasteiger partial charge in [0.2, 0.25) is 0 Å². The molecule has 0 fully saturated rings. The summed E-state index contributed by atoms with van der Waals surface area (Å²) in [6.45, 7) is 0. The Morgan fingerprint density at radius 2 is 2.00 bits per heavy atom. The molecular formula is C6H8O2Se. The third-order valence-corrected chi connectivity index (χ3v) is 4.65. The van der Waals surface area contributed by atoms with Gasteiger partial charge in [0.1, 0.15) is 0 Å². The van der Waals surface area contributed by atoms with Gasteiger partial charge in [-0.3, -0.25) is 0 Å². The first-order valence-corrected chi connectivity index (χ1v) is 6.11. The van der Waals surface area contributed by atoms with Crippen LogP contribution in [0.25, 0.3) is 0 Å². The van der Waals surface area contributed by atoms with Gasteiger partial charge < -0.3 is 0 Å². The molecule has 50 valence electrons. The summed E-state index contributed by atoms with van der Waals surface area (Å²) in [5, 5.41) is 8.70. The van der Waals surface area contributed by atoms with Crippen molar-refractivity contribution in [3.05, 3.63) is 22.1 Å². The molecule has 1 rings (SSSR count). The molecule has 2 nitrogen and oxygen atoms in total. The first kappa shape index (κ1) is 6.59. The van der Waals surface area contributed by atoms with Crippen LogP contribution in [-0.2, 0) is 4.79 Å². The van der Waals surface area contributed by atoms with Crippen LogP contribution in [0, 0.1) is 0 Å². The van der Waals surface area contributed by atoms with Crippen LogP contribution in [0.15, 0.2) is 22.1 Å². The summed E-state index contributed by atoms with van der Waals surface area (Å²) < 4.78 is 0. The van der Waals surface area contributed by atoms with E-state index in [9.17, 15) is 4.79 Å². The topological polar surface area (TPSA) is 37.3 Å². The summed E-state index contributed by atoms with van der Waals surface area (Å²) in [6.07, 6.45) is 3.87. The summed E-state index contributed by atoms with van der Waals surface area (Å²) in [6, 6.07) is 0. The molecule has 0 aromatic heterocycles. The SMILES string of the molecule is O=C(O)C[SeH]1C=CC=C1. The molecule has 0 amide bonds. The number of rotatable bonds is 2. The molecule has 0 atom stereocenters. The van der Waals surface area contributed by atoms with E-state index < -0.39 is 19.9 Å². The Labute approximate surface area is 57.8 Å². The van der Waals surface area contributed by atoms with Gasteiger partial charge in [-0.25, -0.2) is 0 Å². The van der Waals surface area contributed by atoms with Crippen molar-refractivity contribution in [2.75, 3.05) is 0 Å². The summed E-state index contributed by atoms with van der Waals surface area (Å²) >= 11 is -1.16. The number of allylic oxidation sites excluding steroid dienone is 2. The van der Waals surface area contributed by atoms with E-state index in [-0.39, 0.29) is 0 Å². The van der Waals surface area contributed by atoms with Gasteiger partial charge in [0.05, 0.1) is 0 Å². The molecule has 1 aliphatic rings. The van der Waals surface area contributed by atoms with Crippen molar-refractivity contribution < 1.29 is 9.90 Å². The van der Waals surface area contributed by atoms with Crippen LogP contribution < -0.4 is 0 Å². The van der Waals surface area contributed by atoms with Crippen LogP contribution in [0.3, 0.4) is 0 Å². The Balaban J connectivity index is 2.37. The fourth-order valence-corrected chi connectivity index (χ4v) is 3.28. The molecule has 0 saturated heterocycles. The average molecular weight is 191 g/mol. The maximum absolute atomic E-state index is 10.1. The molecule has 0 aromatic carbocycles. The Morgan fingerprint density at radius 1 is 1.44 bits per heavy atom. The van der Waals surface area contributed by atoms with Gasteiger partial charge >= 0.3 is 57.2 Å². The normalized spacial score (nSPS) is 18.9. The Morgan fingerprint density at radius 3 is 2.44 bits per heavy atom. The van der Waals surface area contributed by atoms with Crippen LogP contribution in [0.2, 0.25) is 5.32 Å². The first-order chi connectivity index (χ1) is 4.29. The number of carbonyl (C=O) groups is 1. The fourth-order valence-electron chi connectivity index (χ4n) is 0.632. The number of hydrogen-bond acceptors (Lipinski definition) is 1. The van der Waals surface area contributed by atoms with E-state index in [1.54, 1.807) is 0 Å². The molecule has 0 spiro atoms. The Hall–Kier alpha value is -0.531. The van der Waals surface area contributed by atoms with E-state index in [1.807, 2.05) is 22.1 Å². The Bertz CT molecular complexity index is 160. The van der Waals surface area contributed by atoms with Gasteiger partial charge in [0.15, 0.2) is 0 Å². The van der Waals surface area contributed by atoms with E-state index in [4.69, 9.17) is 5.11 Å². The molecule has 0 saturated carbocycles. The number of aliphatic carboxylic acids is 1. The van der Waals surface area contributed by atoms with Gasteiger partial charge in [-0.1, -0.05) is 0 Å². The van der Waals surface area contributed by atoms with Crippen LogP contribution in [0.4, 0.5) is 0 Å². The van der Waals surface area contributed by atoms with Crippen LogP contribution in [-0.4, -0.2) is 25.0 Å². The Kier molecular flexibility index (Phi) is 2.09. The van der Waals surface area contributed by atoms with E-state index in [1.165, 1.54) is 0 Å². The van der Waals surface area contributed by atoms with Crippen molar-refractivity contribution in [1.29, 1.82) is 0 Å². The van der Waals surface area contributed by atoms with Gasteiger partial charge in [0.25, 0.3) is 0 Å². The molecule has 1 N–H and O–H groups in total. The molecule has 9 heavy (non-hydrogen) atoms. The number of carboxylic acids is 1. The average Bonchev–Trinajstić information content (AvgIpc) is 2.15. The van der Waals surface area contributed by atoms with Crippen LogP contribution in [0.5, 0.6) is 0 Å². The van der Waals surface area contributed by atoms with E-state index in [0.29, 0.717) is 5.32 Å². The van der Waals surface area contributed by atoms with Crippen molar-refractivity contribution in [2.45, 2.75) is 5.32 Å². The van der Waals surface area contributed by atoms with Gasteiger partial charge in [0, 0.05) is 0 Å². The third kappa shape index (κ3) is 2.04. The zero-order chi connectivity index (χ0) is 6.69. The second-order valence-corrected chi connectivity index (χ2v) is 5.82. The minimum absolute atomic E-state index is 0.361. The second kappa shape index (κ2) is 2.85. The molecule has 0 radical (unpaired) electrons. The molecule has 0 aliphatic carbocycles. The van der Waals surface area contributed by atoms with Crippen molar-refractivity contribution in [3.8, 4) is 0 Å². The predicted molar refractivity (Wildman–Crippen MR) is 37.9 cm³/mol. The molecule has 1 aliphatic heterocycles. The predicted octanol–water partition coefficient (Wildman–Crippen LogP) is 0.503. The minimum atomic E-state index is -1.16. The van der Waals surface area contributed by atoms with Crippen molar-refractivity contribution in [3.63, 3.8) is 0 Å². The van der Waals surface area contributed by atoms with Crippen molar-refractivity contribution in [2.24, 2.45) is 0 Å². The summed E-state index contributed by atoms with van der Waals surface area (Å²) in [4.78, 5) is 14.2. The zero-order valence-electron chi connectivity index (χ0n) is 4.82. The second-order valence-electron chi connectivity index (χ2n) is 1.75. The molecule has 0 bridgehead atoms. The van der Waals surface area contributed by atoms with Gasteiger partial charge in [-0.15, -0.1) is 0 Å². The molecule has 1 heterocycles. The molecular weight excluding hydrogens is 183 g/mol.